The summed E-state index contributed by atoms with van der Waals surface area (Å²) in [5.41, 5.74) is 1.28. The molecule has 2 aromatic carbocycles. The third-order valence-electron chi connectivity index (χ3n) is 4.24. The van der Waals surface area contributed by atoms with Gasteiger partial charge in [-0.25, -0.2) is 0 Å². The van der Waals surface area contributed by atoms with E-state index in [0.717, 1.165) is 32.1 Å². The summed E-state index contributed by atoms with van der Waals surface area (Å²) in [6, 6.07) is 12.7. The van der Waals surface area contributed by atoms with Crippen LogP contribution in [0.25, 0.3) is 10.8 Å². The summed E-state index contributed by atoms with van der Waals surface area (Å²) < 4.78 is 11.0. The summed E-state index contributed by atoms with van der Waals surface area (Å²) in [7, 11) is 3.93. The number of benzene rings is 2. The molecular weight excluding hydrogens is 262 g/mol. The molecule has 0 unspecified atom stereocenters. The van der Waals surface area contributed by atoms with Crippen LogP contribution in [0.4, 0.5) is 0 Å². The van der Waals surface area contributed by atoms with E-state index in [2.05, 4.69) is 48.3 Å². The Morgan fingerprint density at radius 1 is 1.24 bits per heavy atom. The molecule has 3 heteroatoms. The molecule has 0 saturated carbocycles. The first-order valence-corrected chi connectivity index (χ1v) is 7.59. The van der Waals surface area contributed by atoms with E-state index in [9.17, 15) is 0 Å². The van der Waals surface area contributed by atoms with Crippen LogP contribution in [-0.2, 0) is 11.3 Å². The van der Waals surface area contributed by atoms with Gasteiger partial charge < -0.3 is 14.4 Å². The van der Waals surface area contributed by atoms with Gasteiger partial charge in [-0.1, -0.05) is 30.3 Å². The lowest BCUT2D eigenvalue weighted by Crippen LogP contribution is -2.25. The van der Waals surface area contributed by atoms with Crippen molar-refractivity contribution in [1.29, 1.82) is 0 Å². The fraction of sp³-hybridized carbons (Fsp3) is 0.444. The summed E-state index contributed by atoms with van der Waals surface area (Å²) in [5, 5.41) is 2.55. The Balaban J connectivity index is 1.84. The highest BCUT2D eigenvalue weighted by molar-refractivity contribution is 5.87. The van der Waals surface area contributed by atoms with E-state index < -0.39 is 0 Å². The normalized spacial score (nSPS) is 18.5. The molecule has 0 N–H and O–H groups in total. The van der Waals surface area contributed by atoms with E-state index >= 15 is 0 Å². The summed E-state index contributed by atoms with van der Waals surface area (Å²) in [4.78, 5) is 2.38. The van der Waals surface area contributed by atoms with Gasteiger partial charge in [0.15, 0.2) is 0 Å². The molecule has 1 atom stereocenters. The number of methoxy groups -OCH3 is 1. The zero-order chi connectivity index (χ0) is 14.7. The zero-order valence-electron chi connectivity index (χ0n) is 12.8. The molecular formula is C18H23NO2. The highest BCUT2D eigenvalue weighted by Crippen LogP contribution is 2.29. The Hall–Kier alpha value is -1.58. The van der Waals surface area contributed by atoms with E-state index in [1.54, 1.807) is 7.11 Å². The van der Waals surface area contributed by atoms with Crippen molar-refractivity contribution in [2.24, 2.45) is 5.92 Å². The van der Waals surface area contributed by atoms with Crippen molar-refractivity contribution in [3.63, 3.8) is 0 Å². The molecule has 2 aromatic rings. The molecule has 1 aliphatic rings. The maximum absolute atomic E-state index is 5.57. The van der Waals surface area contributed by atoms with E-state index in [-0.39, 0.29) is 0 Å². The molecule has 1 aliphatic heterocycles. The summed E-state index contributed by atoms with van der Waals surface area (Å²) in [5.74, 6) is 1.64. The first-order chi connectivity index (χ1) is 10.3. The molecule has 0 bridgehead atoms. The van der Waals surface area contributed by atoms with Gasteiger partial charge >= 0.3 is 0 Å². The van der Waals surface area contributed by atoms with Crippen LogP contribution in [0, 0.1) is 5.92 Å². The molecule has 1 fully saturated rings. The smallest absolute Gasteiger partial charge is 0.123 e. The summed E-state index contributed by atoms with van der Waals surface area (Å²) >= 11 is 0. The lowest BCUT2D eigenvalue weighted by atomic mass is 10.0. The van der Waals surface area contributed by atoms with E-state index in [1.807, 2.05) is 0 Å². The number of rotatable bonds is 5. The predicted octanol–water partition coefficient (Wildman–Crippen LogP) is 3.32. The molecule has 0 aliphatic carbocycles. The van der Waals surface area contributed by atoms with Crippen LogP contribution in [0.2, 0.25) is 0 Å². The molecule has 0 radical (unpaired) electrons. The van der Waals surface area contributed by atoms with Gasteiger partial charge in [-0.3, -0.25) is 0 Å². The lowest BCUT2D eigenvalue weighted by molar-refractivity contribution is 0.172. The Morgan fingerprint density at radius 3 is 2.86 bits per heavy atom. The van der Waals surface area contributed by atoms with Crippen LogP contribution >= 0.6 is 0 Å². The van der Waals surface area contributed by atoms with Gasteiger partial charge in [0.25, 0.3) is 0 Å². The number of hydrogen-bond acceptors (Lipinski definition) is 3. The molecule has 3 nitrogen and oxygen atoms in total. The number of ether oxygens (including phenoxy) is 2. The van der Waals surface area contributed by atoms with Gasteiger partial charge in [0, 0.05) is 25.3 Å². The number of nitrogens with zero attached hydrogens (tertiary/aromatic N) is 1. The van der Waals surface area contributed by atoms with E-state index in [4.69, 9.17) is 9.47 Å². The first kappa shape index (κ1) is 14.4. The van der Waals surface area contributed by atoms with Gasteiger partial charge in [0.2, 0.25) is 0 Å². The van der Waals surface area contributed by atoms with Crippen molar-refractivity contribution in [3.05, 3.63) is 42.0 Å². The summed E-state index contributed by atoms with van der Waals surface area (Å²) in [6.45, 7) is 3.79. The Morgan fingerprint density at radius 2 is 2.10 bits per heavy atom. The second-order valence-corrected chi connectivity index (χ2v) is 5.89. The lowest BCUT2D eigenvalue weighted by Gasteiger charge is -2.22. The minimum Gasteiger partial charge on any atom is -0.496 e. The van der Waals surface area contributed by atoms with Crippen molar-refractivity contribution in [1.82, 2.24) is 4.90 Å². The monoisotopic (exact) mass is 285 g/mol. The molecule has 0 aromatic heterocycles. The topological polar surface area (TPSA) is 21.7 Å². The average Bonchev–Trinajstić information content (AvgIpc) is 3.00. The quantitative estimate of drug-likeness (QED) is 0.841. The Bertz CT molecular complexity index is 605. The maximum atomic E-state index is 5.57. The van der Waals surface area contributed by atoms with Gasteiger partial charge in [-0.15, -0.1) is 0 Å². The van der Waals surface area contributed by atoms with Crippen molar-refractivity contribution in [2.75, 3.05) is 33.9 Å². The molecule has 1 saturated heterocycles. The Kier molecular flexibility index (Phi) is 4.42. The van der Waals surface area contributed by atoms with Crippen molar-refractivity contribution < 1.29 is 9.47 Å². The van der Waals surface area contributed by atoms with Crippen molar-refractivity contribution in [3.8, 4) is 5.75 Å². The average molecular weight is 285 g/mol. The fourth-order valence-electron chi connectivity index (χ4n) is 3.17. The van der Waals surface area contributed by atoms with Crippen LogP contribution in [0.15, 0.2) is 36.4 Å². The second kappa shape index (κ2) is 6.46. The first-order valence-electron chi connectivity index (χ1n) is 7.59. The van der Waals surface area contributed by atoms with Gasteiger partial charge in [-0.05, 0) is 36.2 Å². The molecule has 0 amide bonds. The number of hydrogen-bond donors (Lipinski definition) is 0. The third-order valence-corrected chi connectivity index (χ3v) is 4.24. The van der Waals surface area contributed by atoms with Crippen LogP contribution in [0.3, 0.4) is 0 Å². The molecule has 0 spiro atoms. The molecule has 1 heterocycles. The molecule has 3 rings (SSSR count). The van der Waals surface area contributed by atoms with Crippen LogP contribution in [0.5, 0.6) is 5.75 Å². The van der Waals surface area contributed by atoms with Gasteiger partial charge in [0.1, 0.15) is 5.75 Å². The van der Waals surface area contributed by atoms with Crippen molar-refractivity contribution >= 4 is 10.8 Å². The minimum atomic E-state index is 0.663. The van der Waals surface area contributed by atoms with Crippen LogP contribution in [-0.4, -0.2) is 38.8 Å². The highest BCUT2D eigenvalue weighted by atomic mass is 16.5. The van der Waals surface area contributed by atoms with E-state index in [0.29, 0.717) is 5.92 Å². The second-order valence-electron chi connectivity index (χ2n) is 5.89. The van der Waals surface area contributed by atoms with E-state index in [1.165, 1.54) is 22.8 Å². The van der Waals surface area contributed by atoms with Crippen molar-refractivity contribution in [2.45, 2.75) is 13.0 Å². The van der Waals surface area contributed by atoms with Crippen LogP contribution < -0.4 is 4.74 Å². The number of fused-ring (bicyclic) bond motifs is 1. The third kappa shape index (κ3) is 3.20. The van der Waals surface area contributed by atoms with Gasteiger partial charge in [0.05, 0.1) is 13.7 Å². The molecule has 112 valence electrons. The maximum Gasteiger partial charge on any atom is 0.123 e. The predicted molar refractivity (Wildman–Crippen MR) is 85.8 cm³/mol. The minimum absolute atomic E-state index is 0.663. The zero-order valence-corrected chi connectivity index (χ0v) is 12.8. The Labute approximate surface area is 126 Å². The molecule has 21 heavy (non-hydrogen) atoms. The SMILES string of the molecule is COc1ccc2ccccc2c1CN(C)C[C@H]1CCOC1. The van der Waals surface area contributed by atoms with Gasteiger partial charge in [-0.2, -0.15) is 0 Å². The highest BCUT2D eigenvalue weighted by Gasteiger charge is 2.18. The standard InChI is InChI=1S/C18H23NO2/c1-19(11-14-9-10-21-13-14)12-17-16-6-4-3-5-15(16)7-8-18(17)20-2/h3-8,14H,9-13H2,1-2H3/t14-/m1/s1. The van der Waals surface area contributed by atoms with Crippen LogP contribution in [0.1, 0.15) is 12.0 Å². The largest absolute Gasteiger partial charge is 0.496 e. The fourth-order valence-corrected chi connectivity index (χ4v) is 3.17. The summed E-state index contributed by atoms with van der Waals surface area (Å²) in [6.07, 6.45) is 1.18.